The van der Waals surface area contributed by atoms with Crippen molar-refractivity contribution in [2.45, 2.75) is 44.9 Å². The van der Waals surface area contributed by atoms with Crippen molar-refractivity contribution in [1.82, 2.24) is 0 Å². The fourth-order valence-electron chi connectivity index (χ4n) is 3.45. The lowest BCUT2D eigenvalue weighted by Crippen LogP contribution is -3.17. The Morgan fingerprint density at radius 1 is 1.12 bits per heavy atom. The predicted octanol–water partition coefficient (Wildman–Crippen LogP) is 1.05. The quantitative estimate of drug-likeness (QED) is 0.694. The van der Waals surface area contributed by atoms with Crippen LogP contribution < -0.4 is 19.1 Å². The molecule has 0 amide bonds. The smallest absolute Gasteiger partial charge is 0.203 e. The first-order valence-corrected chi connectivity index (χ1v) is 8.98. The molecule has 0 aliphatic carbocycles. The zero-order valence-electron chi connectivity index (χ0n) is 15.8. The van der Waals surface area contributed by atoms with Gasteiger partial charge in [-0.25, -0.2) is 0 Å². The number of methoxy groups -OCH3 is 3. The van der Waals surface area contributed by atoms with Crippen molar-refractivity contribution < 1.29 is 29.0 Å². The summed E-state index contributed by atoms with van der Waals surface area (Å²) in [5.74, 6) is 1.77. The molecule has 1 aliphatic heterocycles. The van der Waals surface area contributed by atoms with Crippen molar-refractivity contribution in [1.29, 1.82) is 0 Å². The Morgan fingerprint density at radius 3 is 2.36 bits per heavy atom. The third kappa shape index (κ3) is 5.49. The maximum Gasteiger partial charge on any atom is 0.203 e. The molecule has 1 aliphatic rings. The van der Waals surface area contributed by atoms with Crippen LogP contribution in [-0.2, 0) is 11.3 Å². The minimum absolute atomic E-state index is 0.326. The van der Waals surface area contributed by atoms with E-state index < -0.39 is 6.10 Å². The lowest BCUT2D eigenvalue weighted by atomic mass is 10.0. The summed E-state index contributed by atoms with van der Waals surface area (Å²) >= 11 is 0. The third-order valence-electron chi connectivity index (χ3n) is 4.88. The summed E-state index contributed by atoms with van der Waals surface area (Å²) in [6.07, 6.45) is 3.35. The highest BCUT2D eigenvalue weighted by molar-refractivity contribution is 5.53. The van der Waals surface area contributed by atoms with Gasteiger partial charge in [0, 0.05) is 0 Å². The first-order valence-electron chi connectivity index (χ1n) is 8.98. The maximum atomic E-state index is 10.3. The van der Waals surface area contributed by atoms with Crippen LogP contribution in [0.1, 0.15) is 31.7 Å². The molecule has 3 atom stereocenters. The minimum Gasteiger partial charge on any atom is -0.493 e. The molecule has 0 spiro atoms. The Hall–Kier alpha value is -1.50. The van der Waals surface area contributed by atoms with E-state index in [1.54, 1.807) is 21.3 Å². The number of ether oxygens (including phenoxy) is 4. The van der Waals surface area contributed by atoms with Gasteiger partial charge in [-0.1, -0.05) is 0 Å². The highest BCUT2D eigenvalue weighted by atomic mass is 16.5. The largest absolute Gasteiger partial charge is 0.493 e. The van der Waals surface area contributed by atoms with E-state index in [4.69, 9.17) is 18.9 Å². The molecule has 1 saturated heterocycles. The van der Waals surface area contributed by atoms with Gasteiger partial charge in [0.1, 0.15) is 12.6 Å². The van der Waals surface area contributed by atoms with Crippen LogP contribution in [0.5, 0.6) is 17.2 Å². The second kappa shape index (κ2) is 9.85. The number of benzene rings is 1. The van der Waals surface area contributed by atoms with E-state index in [1.807, 2.05) is 12.1 Å². The molecule has 0 saturated carbocycles. The van der Waals surface area contributed by atoms with Crippen LogP contribution in [0.15, 0.2) is 12.1 Å². The van der Waals surface area contributed by atoms with Crippen LogP contribution in [0, 0.1) is 0 Å². The number of aliphatic hydroxyl groups excluding tert-OH is 1. The standard InChI is InChI=1S/C19H31NO5/c1-14-7-5-6-8-20(14)11-16(21)13-25-12-15-9-17(22-2)19(24-4)18(10-15)23-3/h9-10,14,16,21H,5-8,11-13H2,1-4H3/p+1/t14-,16+/m1/s1. The van der Waals surface area contributed by atoms with Gasteiger partial charge in [0.25, 0.3) is 0 Å². The third-order valence-corrected chi connectivity index (χ3v) is 4.88. The Labute approximate surface area is 150 Å². The molecule has 1 heterocycles. The molecule has 2 N–H and O–H groups in total. The molecule has 0 radical (unpaired) electrons. The average Bonchev–Trinajstić information content (AvgIpc) is 2.62. The van der Waals surface area contributed by atoms with Crippen LogP contribution in [0.4, 0.5) is 0 Å². The van der Waals surface area contributed by atoms with Gasteiger partial charge >= 0.3 is 0 Å². The molecule has 6 nitrogen and oxygen atoms in total. The molecule has 25 heavy (non-hydrogen) atoms. The van der Waals surface area contributed by atoms with Crippen molar-refractivity contribution in [3.05, 3.63) is 17.7 Å². The van der Waals surface area contributed by atoms with E-state index in [0.29, 0.717) is 36.5 Å². The van der Waals surface area contributed by atoms with E-state index >= 15 is 0 Å². The van der Waals surface area contributed by atoms with Gasteiger partial charge < -0.3 is 29.0 Å². The van der Waals surface area contributed by atoms with Crippen molar-refractivity contribution in [3.8, 4) is 17.2 Å². The van der Waals surface area contributed by atoms with E-state index in [0.717, 1.165) is 18.7 Å². The lowest BCUT2D eigenvalue weighted by Gasteiger charge is -2.31. The summed E-state index contributed by atoms with van der Waals surface area (Å²) in [4.78, 5) is 1.48. The van der Waals surface area contributed by atoms with Crippen molar-refractivity contribution in [3.63, 3.8) is 0 Å². The maximum absolute atomic E-state index is 10.3. The summed E-state index contributed by atoms with van der Waals surface area (Å²) in [6, 6.07) is 4.36. The minimum atomic E-state index is -0.447. The van der Waals surface area contributed by atoms with Crippen molar-refractivity contribution in [2.24, 2.45) is 0 Å². The zero-order chi connectivity index (χ0) is 18.2. The van der Waals surface area contributed by atoms with E-state index in [2.05, 4.69) is 6.92 Å². The van der Waals surface area contributed by atoms with Gasteiger partial charge in [0.05, 0.1) is 47.1 Å². The summed E-state index contributed by atoms with van der Waals surface area (Å²) in [5.41, 5.74) is 0.917. The second-order valence-electron chi connectivity index (χ2n) is 6.71. The van der Waals surface area contributed by atoms with Crippen molar-refractivity contribution >= 4 is 0 Å². The van der Waals surface area contributed by atoms with Gasteiger partial charge in [-0.05, 0) is 43.9 Å². The SMILES string of the molecule is COc1cc(COC[C@@H](O)C[NH+]2CCCC[C@H]2C)cc(OC)c1OC. The van der Waals surface area contributed by atoms with Gasteiger partial charge in [0.15, 0.2) is 11.5 Å². The molecule has 6 heteroatoms. The molecular formula is C19H32NO5+. The fraction of sp³-hybridized carbons (Fsp3) is 0.684. The number of aliphatic hydroxyl groups is 1. The van der Waals surface area contributed by atoms with Crippen LogP contribution in [-0.4, -0.2) is 58.3 Å². The summed E-state index contributed by atoms with van der Waals surface area (Å²) in [6.45, 7) is 4.87. The number of piperidine rings is 1. The number of likely N-dealkylation sites (tertiary alicyclic amines) is 1. The predicted molar refractivity (Wildman–Crippen MR) is 95.8 cm³/mol. The number of quaternary nitrogens is 1. The number of nitrogens with one attached hydrogen (secondary N) is 1. The summed E-state index contributed by atoms with van der Waals surface area (Å²) in [5, 5.41) is 10.3. The molecule has 1 aromatic carbocycles. The lowest BCUT2D eigenvalue weighted by molar-refractivity contribution is -0.931. The second-order valence-corrected chi connectivity index (χ2v) is 6.71. The van der Waals surface area contributed by atoms with Crippen LogP contribution >= 0.6 is 0 Å². The molecule has 0 aromatic heterocycles. The van der Waals surface area contributed by atoms with Crippen LogP contribution in [0.3, 0.4) is 0 Å². The Bertz CT molecular complexity index is 512. The number of hydrogen-bond donors (Lipinski definition) is 2. The molecule has 0 bridgehead atoms. The first-order chi connectivity index (χ1) is 12.1. The Balaban J connectivity index is 1.86. The Morgan fingerprint density at radius 2 is 1.80 bits per heavy atom. The molecular weight excluding hydrogens is 322 g/mol. The van der Waals surface area contributed by atoms with Gasteiger partial charge in [-0.15, -0.1) is 0 Å². The summed E-state index contributed by atoms with van der Waals surface area (Å²) < 4.78 is 21.7. The average molecular weight is 354 g/mol. The van der Waals surface area contributed by atoms with Gasteiger partial charge in [-0.2, -0.15) is 0 Å². The van der Waals surface area contributed by atoms with Gasteiger partial charge in [-0.3, -0.25) is 0 Å². The topological polar surface area (TPSA) is 61.6 Å². The molecule has 142 valence electrons. The monoisotopic (exact) mass is 354 g/mol. The van der Waals surface area contributed by atoms with Gasteiger partial charge in [0.2, 0.25) is 5.75 Å². The highest BCUT2D eigenvalue weighted by Crippen LogP contribution is 2.38. The molecule has 2 rings (SSSR count). The zero-order valence-corrected chi connectivity index (χ0v) is 15.8. The van der Waals surface area contributed by atoms with E-state index in [-0.39, 0.29) is 0 Å². The van der Waals surface area contributed by atoms with E-state index in [1.165, 1.54) is 24.2 Å². The molecule has 1 fully saturated rings. The van der Waals surface area contributed by atoms with Crippen LogP contribution in [0.2, 0.25) is 0 Å². The highest BCUT2D eigenvalue weighted by Gasteiger charge is 2.24. The first kappa shape index (κ1) is 19.8. The fourth-order valence-corrected chi connectivity index (χ4v) is 3.45. The van der Waals surface area contributed by atoms with Crippen molar-refractivity contribution in [2.75, 3.05) is 41.0 Å². The summed E-state index contributed by atoms with van der Waals surface area (Å²) in [7, 11) is 4.76. The van der Waals surface area contributed by atoms with Crippen LogP contribution in [0.25, 0.3) is 0 Å². The molecule has 1 unspecified atom stereocenters. The molecule has 1 aromatic rings. The normalized spacial score (nSPS) is 21.6. The van der Waals surface area contributed by atoms with E-state index in [9.17, 15) is 5.11 Å². The number of hydrogen-bond acceptors (Lipinski definition) is 5. The number of rotatable bonds is 9. The Kier molecular flexibility index (Phi) is 7.81.